The Morgan fingerprint density at radius 2 is 1.70 bits per heavy atom. The van der Waals surface area contributed by atoms with E-state index in [1.165, 1.54) is 17.7 Å². The van der Waals surface area contributed by atoms with Crippen molar-refractivity contribution in [2.24, 2.45) is 5.92 Å². The molecule has 4 nitrogen and oxygen atoms in total. The minimum absolute atomic E-state index is 0.0397. The minimum atomic E-state index is 0.0397. The SMILES string of the molecule is Cc1ccc(C(C)(C)CCC(=O)N2CCC(CN3CCOCC3)CC2)cc1. The van der Waals surface area contributed by atoms with Crippen LogP contribution in [0.1, 0.15) is 50.7 Å². The molecule has 150 valence electrons. The summed E-state index contributed by atoms with van der Waals surface area (Å²) in [7, 11) is 0. The number of amides is 1. The lowest BCUT2D eigenvalue weighted by molar-refractivity contribution is -0.133. The molecule has 1 aromatic carbocycles. The Morgan fingerprint density at radius 1 is 1.07 bits per heavy atom. The van der Waals surface area contributed by atoms with Gasteiger partial charge < -0.3 is 9.64 Å². The summed E-state index contributed by atoms with van der Waals surface area (Å²) in [6.07, 6.45) is 3.84. The molecule has 2 fully saturated rings. The maximum atomic E-state index is 12.7. The number of nitrogens with zero attached hydrogens (tertiary/aromatic N) is 2. The van der Waals surface area contributed by atoms with Crippen LogP contribution < -0.4 is 0 Å². The first-order chi connectivity index (χ1) is 12.9. The second-order valence-electron chi connectivity index (χ2n) is 8.99. The third kappa shape index (κ3) is 5.79. The second-order valence-corrected chi connectivity index (χ2v) is 8.99. The molecular formula is C23H36N2O2. The van der Waals surface area contributed by atoms with E-state index < -0.39 is 0 Å². The van der Waals surface area contributed by atoms with E-state index in [4.69, 9.17) is 4.74 Å². The molecule has 0 unspecified atom stereocenters. The zero-order valence-electron chi connectivity index (χ0n) is 17.4. The van der Waals surface area contributed by atoms with E-state index in [1.54, 1.807) is 0 Å². The summed E-state index contributed by atoms with van der Waals surface area (Å²) in [5, 5.41) is 0. The van der Waals surface area contributed by atoms with Gasteiger partial charge in [0.05, 0.1) is 13.2 Å². The van der Waals surface area contributed by atoms with Crippen LogP contribution in [0.5, 0.6) is 0 Å². The Labute approximate surface area is 164 Å². The monoisotopic (exact) mass is 372 g/mol. The fraction of sp³-hybridized carbons (Fsp3) is 0.696. The molecule has 0 aromatic heterocycles. The van der Waals surface area contributed by atoms with Gasteiger partial charge in [-0.1, -0.05) is 43.7 Å². The Morgan fingerprint density at radius 3 is 2.33 bits per heavy atom. The van der Waals surface area contributed by atoms with E-state index in [0.717, 1.165) is 64.6 Å². The van der Waals surface area contributed by atoms with Crippen LogP contribution >= 0.6 is 0 Å². The van der Waals surface area contributed by atoms with Gasteiger partial charge in [0, 0.05) is 39.1 Å². The van der Waals surface area contributed by atoms with Gasteiger partial charge in [0.2, 0.25) is 5.91 Å². The highest BCUT2D eigenvalue weighted by Crippen LogP contribution is 2.29. The van der Waals surface area contributed by atoms with E-state index in [9.17, 15) is 4.79 Å². The molecule has 0 spiro atoms. The van der Waals surface area contributed by atoms with Crippen LogP contribution in [-0.4, -0.2) is 61.6 Å². The first-order valence-electron chi connectivity index (χ1n) is 10.6. The number of piperidine rings is 1. The highest BCUT2D eigenvalue weighted by atomic mass is 16.5. The van der Waals surface area contributed by atoms with Crippen molar-refractivity contribution in [2.75, 3.05) is 45.9 Å². The maximum Gasteiger partial charge on any atom is 0.222 e. The Bertz CT molecular complexity index is 597. The van der Waals surface area contributed by atoms with Gasteiger partial charge >= 0.3 is 0 Å². The highest BCUT2D eigenvalue weighted by Gasteiger charge is 2.27. The zero-order valence-corrected chi connectivity index (χ0v) is 17.4. The fourth-order valence-electron chi connectivity index (χ4n) is 4.24. The number of carbonyl (C=O) groups excluding carboxylic acids is 1. The van der Waals surface area contributed by atoms with E-state index in [2.05, 4.69) is 54.8 Å². The number of hydrogen-bond donors (Lipinski definition) is 0. The third-order valence-corrected chi connectivity index (χ3v) is 6.38. The number of benzene rings is 1. The van der Waals surface area contributed by atoms with Crippen molar-refractivity contribution in [3.05, 3.63) is 35.4 Å². The van der Waals surface area contributed by atoms with Gasteiger partial charge in [-0.25, -0.2) is 0 Å². The van der Waals surface area contributed by atoms with E-state index in [1.807, 2.05) is 0 Å². The van der Waals surface area contributed by atoms with Crippen LogP contribution in [0, 0.1) is 12.8 Å². The molecule has 2 saturated heterocycles. The number of hydrogen-bond acceptors (Lipinski definition) is 3. The van der Waals surface area contributed by atoms with Gasteiger partial charge in [-0.3, -0.25) is 9.69 Å². The molecule has 1 amide bonds. The van der Waals surface area contributed by atoms with Gasteiger partial charge in [-0.2, -0.15) is 0 Å². The molecule has 0 N–H and O–H groups in total. The fourth-order valence-corrected chi connectivity index (χ4v) is 4.24. The van der Waals surface area contributed by atoms with Gasteiger partial charge in [-0.05, 0) is 43.1 Å². The summed E-state index contributed by atoms with van der Waals surface area (Å²) in [5.74, 6) is 1.07. The van der Waals surface area contributed by atoms with E-state index in [-0.39, 0.29) is 5.41 Å². The van der Waals surface area contributed by atoms with Gasteiger partial charge in [0.25, 0.3) is 0 Å². The van der Waals surface area contributed by atoms with Crippen LogP contribution in [0.2, 0.25) is 0 Å². The lowest BCUT2D eigenvalue weighted by atomic mass is 9.80. The van der Waals surface area contributed by atoms with Crippen molar-refractivity contribution in [1.29, 1.82) is 0 Å². The Balaban J connectivity index is 1.41. The van der Waals surface area contributed by atoms with Crippen LogP contribution in [0.25, 0.3) is 0 Å². The lowest BCUT2D eigenvalue weighted by Crippen LogP contribution is -2.44. The maximum absolute atomic E-state index is 12.7. The lowest BCUT2D eigenvalue weighted by Gasteiger charge is -2.36. The first kappa shape index (κ1) is 20.3. The molecule has 4 heteroatoms. The normalized spacial score (nSPS) is 20.0. The highest BCUT2D eigenvalue weighted by molar-refractivity contribution is 5.76. The predicted molar refractivity (Wildman–Crippen MR) is 110 cm³/mol. The second kappa shape index (κ2) is 9.20. The molecule has 2 aliphatic heterocycles. The minimum Gasteiger partial charge on any atom is -0.379 e. The third-order valence-electron chi connectivity index (χ3n) is 6.38. The average Bonchev–Trinajstić information content (AvgIpc) is 2.68. The summed E-state index contributed by atoms with van der Waals surface area (Å²) in [6, 6.07) is 8.74. The van der Waals surface area contributed by atoms with E-state index >= 15 is 0 Å². The number of morpholine rings is 1. The van der Waals surface area contributed by atoms with Crippen molar-refractivity contribution in [3.8, 4) is 0 Å². The Kier molecular flexibility index (Phi) is 6.93. The molecule has 3 rings (SSSR count). The van der Waals surface area contributed by atoms with Crippen LogP contribution in [0.15, 0.2) is 24.3 Å². The van der Waals surface area contributed by atoms with Crippen molar-refractivity contribution in [2.45, 2.75) is 51.9 Å². The topological polar surface area (TPSA) is 32.8 Å². The number of ether oxygens (including phenoxy) is 1. The molecular weight excluding hydrogens is 336 g/mol. The quantitative estimate of drug-likeness (QED) is 0.764. The number of aryl methyl sites for hydroxylation is 1. The smallest absolute Gasteiger partial charge is 0.222 e. The first-order valence-corrected chi connectivity index (χ1v) is 10.6. The Hall–Kier alpha value is -1.39. The zero-order chi connectivity index (χ0) is 19.3. The summed E-state index contributed by atoms with van der Waals surface area (Å²) in [6.45, 7) is 13.5. The molecule has 2 aliphatic rings. The van der Waals surface area contributed by atoms with Crippen molar-refractivity contribution < 1.29 is 9.53 Å². The van der Waals surface area contributed by atoms with Crippen molar-refractivity contribution in [3.63, 3.8) is 0 Å². The van der Waals surface area contributed by atoms with Crippen molar-refractivity contribution in [1.82, 2.24) is 9.80 Å². The standard InChI is InChI=1S/C23H36N2O2/c1-19-4-6-21(7-5-19)23(2,3)11-8-22(26)25-12-9-20(10-13-25)18-24-14-16-27-17-15-24/h4-7,20H,8-18H2,1-3H3. The van der Waals surface area contributed by atoms with Crippen LogP contribution in [0.4, 0.5) is 0 Å². The van der Waals surface area contributed by atoms with Crippen LogP contribution in [0.3, 0.4) is 0 Å². The summed E-state index contributed by atoms with van der Waals surface area (Å²) in [4.78, 5) is 17.3. The summed E-state index contributed by atoms with van der Waals surface area (Å²) < 4.78 is 5.43. The number of carbonyl (C=O) groups is 1. The van der Waals surface area contributed by atoms with Gasteiger partial charge in [0.15, 0.2) is 0 Å². The molecule has 0 radical (unpaired) electrons. The molecule has 1 aromatic rings. The molecule has 0 bridgehead atoms. The molecule has 2 heterocycles. The predicted octanol–water partition coefficient (Wildman–Crippen LogP) is 3.62. The largest absolute Gasteiger partial charge is 0.379 e. The number of likely N-dealkylation sites (tertiary alicyclic amines) is 1. The molecule has 0 atom stereocenters. The molecule has 0 aliphatic carbocycles. The van der Waals surface area contributed by atoms with Crippen molar-refractivity contribution >= 4 is 5.91 Å². The average molecular weight is 373 g/mol. The molecule has 27 heavy (non-hydrogen) atoms. The van der Waals surface area contributed by atoms with E-state index in [0.29, 0.717) is 12.3 Å². The van der Waals surface area contributed by atoms with Crippen LogP contribution in [-0.2, 0) is 14.9 Å². The molecule has 0 saturated carbocycles. The number of rotatable bonds is 6. The van der Waals surface area contributed by atoms with Gasteiger partial charge in [-0.15, -0.1) is 0 Å². The summed E-state index contributed by atoms with van der Waals surface area (Å²) in [5.41, 5.74) is 2.65. The summed E-state index contributed by atoms with van der Waals surface area (Å²) >= 11 is 0. The van der Waals surface area contributed by atoms with Gasteiger partial charge in [0.1, 0.15) is 0 Å².